The third kappa shape index (κ3) is 3.55. The Morgan fingerprint density at radius 2 is 1.85 bits per heavy atom. The maximum absolute atomic E-state index is 11.5. The van der Waals surface area contributed by atoms with E-state index < -0.39 is 19.6 Å². The van der Waals surface area contributed by atoms with Crippen molar-refractivity contribution in [1.29, 1.82) is 0 Å². The summed E-state index contributed by atoms with van der Waals surface area (Å²) in [6, 6.07) is 9.19. The zero-order valence-corrected chi connectivity index (χ0v) is 12.5. The van der Waals surface area contributed by atoms with Crippen LogP contribution in [-0.4, -0.2) is 34.8 Å². The molecule has 1 saturated heterocycles. The first-order chi connectivity index (χ1) is 9.32. The molecule has 1 fully saturated rings. The number of hydrogen-bond donors (Lipinski definition) is 2. The second kappa shape index (κ2) is 5.78. The average molecular weight is 299 g/mol. The number of carboxylic acids is 1. The molecule has 1 heterocycles. The molecule has 1 aliphatic rings. The zero-order chi connectivity index (χ0) is 14.8. The number of carboxylic acid groups (broad SMARTS) is 1. The Labute approximate surface area is 119 Å². The van der Waals surface area contributed by atoms with Crippen molar-refractivity contribution >= 4 is 13.9 Å². The maximum atomic E-state index is 11.5. The molecule has 0 amide bonds. The van der Waals surface area contributed by atoms with Gasteiger partial charge in [0.25, 0.3) is 0 Å². The van der Waals surface area contributed by atoms with E-state index in [-0.39, 0.29) is 11.8 Å². The first kappa shape index (κ1) is 15.4. The first-order valence-corrected chi connectivity index (χ1v) is 8.14. The Morgan fingerprint density at radius 3 is 2.35 bits per heavy atom. The minimum atomic E-state index is -3.37. The van der Waals surface area contributed by atoms with Gasteiger partial charge in [-0.05, 0) is 5.56 Å². The smallest absolute Gasteiger partial charge is 0.424 e. The predicted molar refractivity (Wildman–Crippen MR) is 76.4 cm³/mol. The van der Waals surface area contributed by atoms with E-state index in [1.54, 1.807) is 0 Å². The second-order valence-corrected chi connectivity index (χ2v) is 8.09. The monoisotopic (exact) mass is 299 g/mol. The normalized spacial score (nSPS) is 22.1. The summed E-state index contributed by atoms with van der Waals surface area (Å²) in [7, 11) is -3.37. The van der Waals surface area contributed by atoms with Gasteiger partial charge in [-0.15, -0.1) is 0 Å². The fourth-order valence-electron chi connectivity index (χ4n) is 1.97. The summed E-state index contributed by atoms with van der Waals surface area (Å²) < 4.78 is 10.9. The molecule has 0 aromatic heterocycles. The molecule has 2 rings (SSSR count). The van der Waals surface area contributed by atoms with E-state index in [1.807, 2.05) is 44.2 Å². The Bertz CT molecular complexity index is 464. The Balaban J connectivity index is 2.15. The van der Waals surface area contributed by atoms with Gasteiger partial charge in [-0.1, -0.05) is 44.2 Å². The largest absolute Gasteiger partial charge is 0.478 e. The van der Waals surface area contributed by atoms with Crippen molar-refractivity contribution in [3.63, 3.8) is 0 Å². The number of aliphatic carboxylic acids is 1. The highest BCUT2D eigenvalue weighted by atomic mass is 31.2. The van der Waals surface area contributed by atoms with Gasteiger partial charge in [0.1, 0.15) is 13.2 Å². The van der Waals surface area contributed by atoms with Gasteiger partial charge in [0.05, 0.1) is 0 Å². The van der Waals surface area contributed by atoms with Gasteiger partial charge >= 0.3 is 13.9 Å². The van der Waals surface area contributed by atoms with Crippen molar-refractivity contribution in [2.24, 2.45) is 5.41 Å². The lowest BCUT2D eigenvalue weighted by Gasteiger charge is -2.33. The van der Waals surface area contributed by atoms with Crippen LogP contribution in [0, 0.1) is 5.41 Å². The molecule has 1 aromatic rings. The molecule has 1 aromatic carbocycles. The van der Waals surface area contributed by atoms with Gasteiger partial charge in [-0.25, -0.2) is 4.79 Å². The third-order valence-electron chi connectivity index (χ3n) is 3.23. The van der Waals surface area contributed by atoms with Gasteiger partial charge in [-0.2, -0.15) is 13.9 Å². The van der Waals surface area contributed by atoms with Crippen molar-refractivity contribution in [2.75, 3.05) is 13.2 Å². The van der Waals surface area contributed by atoms with E-state index in [9.17, 15) is 14.8 Å². The lowest BCUT2D eigenvalue weighted by molar-refractivity contribution is -0.137. The fraction of sp³-hybridized carbons (Fsp3) is 0.500. The van der Waals surface area contributed by atoms with E-state index in [1.165, 1.54) is 0 Å². The van der Waals surface area contributed by atoms with Gasteiger partial charge in [0, 0.05) is 11.8 Å². The predicted octanol–water partition coefficient (Wildman–Crippen LogP) is 2.51. The van der Waals surface area contributed by atoms with Crippen molar-refractivity contribution in [1.82, 2.24) is 0 Å². The Hall–Kier alpha value is -1.00. The molecule has 1 aliphatic heterocycles. The van der Waals surface area contributed by atoms with Crippen LogP contribution in [0.25, 0.3) is 0 Å². The molecular formula is C14H20O5P+. The molecule has 1 unspecified atom stereocenters. The molecule has 5 nitrogen and oxygen atoms in total. The minimum absolute atomic E-state index is 0.195. The zero-order valence-electron chi connectivity index (χ0n) is 11.7. The van der Waals surface area contributed by atoms with Crippen LogP contribution < -0.4 is 0 Å². The van der Waals surface area contributed by atoms with Gasteiger partial charge in [0.2, 0.25) is 5.66 Å². The quantitative estimate of drug-likeness (QED) is 0.835. The maximum Gasteiger partial charge on any atom is 0.424 e. The fourth-order valence-corrected chi connectivity index (χ4v) is 4.20. The minimum Gasteiger partial charge on any atom is -0.478 e. The molecule has 0 spiro atoms. The molecule has 0 bridgehead atoms. The lowest BCUT2D eigenvalue weighted by Crippen LogP contribution is -2.38. The van der Waals surface area contributed by atoms with Crippen LogP contribution in [0.15, 0.2) is 30.3 Å². The topological polar surface area (TPSA) is 76.0 Å². The van der Waals surface area contributed by atoms with Gasteiger partial charge in [0.15, 0.2) is 0 Å². The molecule has 110 valence electrons. The summed E-state index contributed by atoms with van der Waals surface area (Å²) in [5.74, 6) is -1.09. The van der Waals surface area contributed by atoms with Crippen LogP contribution in [0.3, 0.4) is 0 Å². The highest BCUT2D eigenvalue weighted by Gasteiger charge is 2.58. The van der Waals surface area contributed by atoms with E-state index >= 15 is 0 Å². The summed E-state index contributed by atoms with van der Waals surface area (Å²) in [6.07, 6.45) is 0.195. The summed E-state index contributed by atoms with van der Waals surface area (Å²) in [5.41, 5.74) is -0.423. The van der Waals surface area contributed by atoms with E-state index in [0.717, 1.165) is 5.56 Å². The third-order valence-corrected chi connectivity index (χ3v) is 5.42. The van der Waals surface area contributed by atoms with Crippen LogP contribution in [-0.2, 0) is 20.3 Å². The van der Waals surface area contributed by atoms with Crippen LogP contribution in [0.5, 0.6) is 0 Å². The summed E-state index contributed by atoms with van der Waals surface area (Å²) in [5, 5.41) is 9.39. The Kier molecular flexibility index (Phi) is 4.45. The van der Waals surface area contributed by atoms with Gasteiger partial charge in [-0.3, -0.25) is 0 Å². The highest BCUT2D eigenvalue weighted by molar-refractivity contribution is 7.62. The number of carbonyl (C=O) groups is 1. The van der Waals surface area contributed by atoms with Crippen molar-refractivity contribution in [2.45, 2.75) is 25.9 Å². The number of hydrogen-bond acceptors (Lipinski definition) is 4. The number of rotatable bonds is 4. The van der Waals surface area contributed by atoms with E-state index in [2.05, 4.69) is 0 Å². The van der Waals surface area contributed by atoms with Crippen LogP contribution in [0.2, 0.25) is 0 Å². The molecule has 2 N–H and O–H groups in total. The number of benzene rings is 1. The molecule has 20 heavy (non-hydrogen) atoms. The SMILES string of the molecule is CC1(C)CO[P+](O)(C(Cc2ccccc2)C(=O)O)OC1. The molecule has 0 saturated carbocycles. The van der Waals surface area contributed by atoms with Gasteiger partial charge < -0.3 is 5.11 Å². The summed E-state index contributed by atoms with van der Waals surface area (Å²) >= 11 is 0. The van der Waals surface area contributed by atoms with Crippen LogP contribution in [0.4, 0.5) is 0 Å². The van der Waals surface area contributed by atoms with Crippen molar-refractivity contribution in [3.8, 4) is 0 Å². The second-order valence-electron chi connectivity index (χ2n) is 5.82. The molecule has 0 aliphatic carbocycles. The summed E-state index contributed by atoms with van der Waals surface area (Å²) in [6.45, 7) is 4.50. The molecule has 6 heteroatoms. The molecule has 1 atom stereocenters. The molecule has 0 radical (unpaired) electrons. The van der Waals surface area contributed by atoms with Crippen molar-refractivity contribution in [3.05, 3.63) is 35.9 Å². The van der Waals surface area contributed by atoms with Crippen LogP contribution in [0.1, 0.15) is 19.4 Å². The average Bonchev–Trinajstić information content (AvgIpc) is 2.41. The first-order valence-electron chi connectivity index (χ1n) is 6.50. The molecular weight excluding hydrogens is 279 g/mol. The lowest BCUT2D eigenvalue weighted by atomic mass is 9.97. The van der Waals surface area contributed by atoms with E-state index in [0.29, 0.717) is 13.2 Å². The van der Waals surface area contributed by atoms with Crippen molar-refractivity contribution < 1.29 is 23.8 Å². The Morgan fingerprint density at radius 1 is 1.30 bits per heavy atom. The highest BCUT2D eigenvalue weighted by Crippen LogP contribution is 2.65. The van der Waals surface area contributed by atoms with E-state index in [4.69, 9.17) is 9.05 Å². The summed E-state index contributed by atoms with van der Waals surface area (Å²) in [4.78, 5) is 22.0. The van der Waals surface area contributed by atoms with Crippen LogP contribution >= 0.6 is 7.94 Å². The standard InChI is InChI=1S/C14H19O5P/c1-14(2)9-18-20(17,19-10-14)12(13(15)16)8-11-6-4-3-5-7-11/h3-7,12,17H,8-10H2,1-2H3/p+1.